The summed E-state index contributed by atoms with van der Waals surface area (Å²) in [6.45, 7) is 5.46. The minimum atomic E-state index is -0.331. The van der Waals surface area contributed by atoms with Gasteiger partial charge in [0.1, 0.15) is 30.0 Å². The van der Waals surface area contributed by atoms with E-state index in [2.05, 4.69) is 77.7 Å². The van der Waals surface area contributed by atoms with Gasteiger partial charge >= 0.3 is 5.97 Å². The maximum absolute atomic E-state index is 11.5. The number of esters is 1. The number of nitrogens with zero attached hydrogens (tertiary/aromatic N) is 1. The molecule has 2 aliphatic rings. The fourth-order valence-electron chi connectivity index (χ4n) is 6.44. The van der Waals surface area contributed by atoms with Crippen molar-refractivity contribution in [1.82, 2.24) is 4.90 Å². The Labute approximate surface area is 249 Å². The molecule has 1 saturated heterocycles. The minimum Gasteiger partial charge on any atom is -0.492 e. The van der Waals surface area contributed by atoms with Gasteiger partial charge in [-0.15, -0.1) is 0 Å². The molecule has 0 bridgehead atoms. The molecule has 5 heteroatoms. The number of fused-ring (bicyclic) bond motifs is 1. The first-order valence-electron chi connectivity index (χ1n) is 15.2. The SMILES string of the molecule is CC(=O)Oc1ccc([C@@H]2Oc3ccccc3[C@H](c3ccc(OCCN4CCCCCC4)cc3)[C@H]2c2ccccc2)cc1. The Kier molecular flexibility index (Phi) is 8.86. The number of rotatable bonds is 8. The molecule has 0 amide bonds. The quantitative estimate of drug-likeness (QED) is 0.162. The Hall–Kier alpha value is -4.09. The number of likely N-dealkylation sites (tertiary alicyclic amines) is 1. The first-order chi connectivity index (χ1) is 20.7. The van der Waals surface area contributed by atoms with Crippen molar-refractivity contribution in [2.24, 2.45) is 0 Å². The molecule has 0 unspecified atom stereocenters. The summed E-state index contributed by atoms with van der Waals surface area (Å²) >= 11 is 0. The molecule has 0 aromatic heterocycles. The first-order valence-corrected chi connectivity index (χ1v) is 15.2. The lowest BCUT2D eigenvalue weighted by Gasteiger charge is -2.40. The average Bonchev–Trinajstić information content (AvgIpc) is 3.30. The first kappa shape index (κ1) is 28.0. The molecule has 42 heavy (non-hydrogen) atoms. The van der Waals surface area contributed by atoms with E-state index >= 15 is 0 Å². The second-order valence-electron chi connectivity index (χ2n) is 11.3. The third-order valence-electron chi connectivity index (χ3n) is 8.46. The van der Waals surface area contributed by atoms with Crippen molar-refractivity contribution in [1.29, 1.82) is 0 Å². The summed E-state index contributed by atoms with van der Waals surface area (Å²) in [5.41, 5.74) is 4.64. The van der Waals surface area contributed by atoms with E-state index in [1.54, 1.807) is 0 Å². The van der Waals surface area contributed by atoms with E-state index in [1.807, 2.05) is 30.3 Å². The van der Waals surface area contributed by atoms with E-state index in [1.165, 1.54) is 62.4 Å². The van der Waals surface area contributed by atoms with Crippen molar-refractivity contribution >= 4 is 5.97 Å². The molecular formula is C37H39NO4. The Morgan fingerprint density at radius 1 is 0.738 bits per heavy atom. The van der Waals surface area contributed by atoms with E-state index < -0.39 is 0 Å². The minimum absolute atomic E-state index is 0.0236. The molecular weight excluding hydrogens is 522 g/mol. The van der Waals surface area contributed by atoms with Crippen LogP contribution < -0.4 is 14.2 Å². The molecule has 4 aromatic rings. The van der Waals surface area contributed by atoms with Crippen molar-refractivity contribution in [3.8, 4) is 17.2 Å². The normalized spacial score (nSPS) is 20.5. The van der Waals surface area contributed by atoms with Crippen molar-refractivity contribution < 1.29 is 19.0 Å². The smallest absolute Gasteiger partial charge is 0.308 e. The number of para-hydroxylation sites is 1. The van der Waals surface area contributed by atoms with Crippen LogP contribution in [0.15, 0.2) is 103 Å². The maximum Gasteiger partial charge on any atom is 0.308 e. The molecule has 0 aliphatic carbocycles. The van der Waals surface area contributed by atoms with E-state index in [0.29, 0.717) is 12.4 Å². The van der Waals surface area contributed by atoms with Gasteiger partial charge in [0.2, 0.25) is 0 Å². The zero-order chi connectivity index (χ0) is 28.7. The zero-order valence-corrected chi connectivity index (χ0v) is 24.3. The lowest BCUT2D eigenvalue weighted by Crippen LogP contribution is -2.29. The van der Waals surface area contributed by atoms with Crippen LogP contribution in [0.4, 0.5) is 0 Å². The highest BCUT2D eigenvalue weighted by atomic mass is 16.5. The van der Waals surface area contributed by atoms with Crippen LogP contribution in [0.25, 0.3) is 0 Å². The lowest BCUT2D eigenvalue weighted by atomic mass is 9.71. The second kappa shape index (κ2) is 13.3. The summed E-state index contributed by atoms with van der Waals surface area (Å²) in [6.07, 6.45) is 5.04. The van der Waals surface area contributed by atoms with Gasteiger partial charge in [-0.25, -0.2) is 0 Å². The van der Waals surface area contributed by atoms with Gasteiger partial charge in [-0.3, -0.25) is 9.69 Å². The zero-order valence-electron chi connectivity index (χ0n) is 24.3. The summed E-state index contributed by atoms with van der Waals surface area (Å²) in [7, 11) is 0. The summed E-state index contributed by atoms with van der Waals surface area (Å²) < 4.78 is 18.3. The maximum atomic E-state index is 11.5. The van der Waals surface area contributed by atoms with Crippen LogP contribution in [0.2, 0.25) is 0 Å². The van der Waals surface area contributed by atoms with Crippen LogP contribution in [0.5, 0.6) is 17.2 Å². The molecule has 216 valence electrons. The second-order valence-corrected chi connectivity index (χ2v) is 11.3. The monoisotopic (exact) mass is 561 g/mol. The fourth-order valence-corrected chi connectivity index (χ4v) is 6.44. The Balaban J connectivity index is 1.30. The largest absolute Gasteiger partial charge is 0.492 e. The third-order valence-corrected chi connectivity index (χ3v) is 8.46. The van der Waals surface area contributed by atoms with Gasteiger partial charge in [0.05, 0.1) is 0 Å². The highest BCUT2D eigenvalue weighted by Gasteiger charge is 2.41. The van der Waals surface area contributed by atoms with Gasteiger partial charge in [0, 0.05) is 30.9 Å². The summed E-state index contributed by atoms with van der Waals surface area (Å²) in [5.74, 6) is 2.09. The van der Waals surface area contributed by atoms with E-state index in [-0.39, 0.29) is 23.9 Å². The standard InChI is InChI=1S/C37H39NO4/c1-27(39)41-32-21-17-30(18-22-32)37-36(28-11-5-4-6-12-28)35(33-13-7-8-14-34(33)42-37)29-15-19-31(20-16-29)40-26-25-38-23-9-2-3-10-24-38/h4-8,11-22,35-37H,2-3,9-10,23-26H2,1H3/t35-,36+,37-/m0/s1. The van der Waals surface area contributed by atoms with Crippen molar-refractivity contribution in [2.75, 3.05) is 26.2 Å². The number of ether oxygens (including phenoxy) is 3. The molecule has 3 atom stereocenters. The Morgan fingerprint density at radius 3 is 2.10 bits per heavy atom. The van der Waals surface area contributed by atoms with Crippen molar-refractivity contribution in [2.45, 2.75) is 50.5 Å². The summed E-state index contributed by atoms with van der Waals surface area (Å²) in [4.78, 5) is 14.0. The Bertz CT molecular complexity index is 1440. The number of carbonyl (C=O) groups is 1. The number of carbonyl (C=O) groups excluding carboxylic acids is 1. The molecule has 0 saturated carbocycles. The van der Waals surface area contributed by atoms with Crippen molar-refractivity contribution in [3.05, 3.63) is 125 Å². The highest BCUT2D eigenvalue weighted by molar-refractivity contribution is 5.69. The molecule has 2 aliphatic heterocycles. The van der Waals surface area contributed by atoms with Gasteiger partial charge in [0.25, 0.3) is 0 Å². The molecule has 4 aromatic carbocycles. The van der Waals surface area contributed by atoms with Gasteiger partial charge in [-0.1, -0.05) is 85.6 Å². The molecule has 1 fully saturated rings. The van der Waals surface area contributed by atoms with Gasteiger partial charge in [-0.05, 0) is 73.0 Å². The molecule has 6 rings (SSSR count). The third kappa shape index (κ3) is 6.52. The Morgan fingerprint density at radius 2 is 1.38 bits per heavy atom. The topological polar surface area (TPSA) is 48.0 Å². The van der Waals surface area contributed by atoms with Crippen LogP contribution in [-0.2, 0) is 4.79 Å². The lowest BCUT2D eigenvalue weighted by molar-refractivity contribution is -0.131. The number of benzene rings is 4. The van der Waals surface area contributed by atoms with Gasteiger partial charge < -0.3 is 14.2 Å². The number of hydrogen-bond donors (Lipinski definition) is 0. The highest BCUT2D eigenvalue weighted by Crippen LogP contribution is 2.53. The van der Waals surface area contributed by atoms with E-state index in [9.17, 15) is 4.79 Å². The summed E-state index contributed by atoms with van der Waals surface area (Å²) in [5, 5.41) is 0. The summed E-state index contributed by atoms with van der Waals surface area (Å²) in [6, 6.07) is 35.3. The molecule has 0 N–H and O–H groups in total. The van der Waals surface area contributed by atoms with Crippen LogP contribution in [0.1, 0.15) is 72.8 Å². The molecule has 2 heterocycles. The number of hydrogen-bond acceptors (Lipinski definition) is 5. The fraction of sp³-hybridized carbons (Fsp3) is 0.324. The van der Waals surface area contributed by atoms with Gasteiger partial charge in [-0.2, -0.15) is 0 Å². The van der Waals surface area contributed by atoms with E-state index in [4.69, 9.17) is 14.2 Å². The molecule has 5 nitrogen and oxygen atoms in total. The van der Waals surface area contributed by atoms with Crippen LogP contribution in [0, 0.1) is 0 Å². The molecule has 0 spiro atoms. The predicted molar refractivity (Wildman–Crippen MR) is 165 cm³/mol. The van der Waals surface area contributed by atoms with Gasteiger partial charge in [0.15, 0.2) is 0 Å². The van der Waals surface area contributed by atoms with Crippen LogP contribution in [0.3, 0.4) is 0 Å². The van der Waals surface area contributed by atoms with Crippen molar-refractivity contribution in [3.63, 3.8) is 0 Å². The van der Waals surface area contributed by atoms with Crippen LogP contribution in [-0.4, -0.2) is 37.1 Å². The van der Waals surface area contributed by atoms with E-state index in [0.717, 1.165) is 23.6 Å². The average molecular weight is 562 g/mol. The predicted octanol–water partition coefficient (Wildman–Crippen LogP) is 7.92. The molecule has 0 radical (unpaired) electrons. The van der Waals surface area contributed by atoms with Crippen LogP contribution >= 0.6 is 0 Å².